The maximum absolute atomic E-state index is 13.2. The monoisotopic (exact) mass is 267 g/mol. The number of aromatic carboxylic acids is 1. The number of carboxylic acids is 1. The van der Waals surface area contributed by atoms with Gasteiger partial charge < -0.3 is 10.4 Å². The van der Waals surface area contributed by atoms with Crippen molar-refractivity contribution in [3.8, 4) is 0 Å². The van der Waals surface area contributed by atoms with E-state index in [0.717, 1.165) is 0 Å². The smallest absolute Gasteiger partial charge is 0.356 e. The average Bonchev–Trinajstić information content (AvgIpc) is 2.34. The molecule has 0 atom stereocenters. The molecule has 92 valence electrons. The maximum Gasteiger partial charge on any atom is 0.356 e. The molecule has 7 heteroatoms. The third-order valence-corrected chi connectivity index (χ3v) is 2.38. The number of hydrogen-bond acceptors (Lipinski definition) is 4. The fourth-order valence-corrected chi connectivity index (χ4v) is 1.35. The van der Waals surface area contributed by atoms with Gasteiger partial charge in [0.15, 0.2) is 11.5 Å². The molecule has 0 aliphatic rings. The van der Waals surface area contributed by atoms with Crippen LogP contribution in [0.1, 0.15) is 10.5 Å². The zero-order valence-electron chi connectivity index (χ0n) is 8.89. The molecule has 0 radical (unpaired) electrons. The summed E-state index contributed by atoms with van der Waals surface area (Å²) in [6.45, 7) is 0. The van der Waals surface area contributed by atoms with Crippen LogP contribution >= 0.6 is 11.6 Å². The van der Waals surface area contributed by atoms with Crippen molar-refractivity contribution in [2.75, 3.05) is 5.32 Å². The molecule has 0 fully saturated rings. The van der Waals surface area contributed by atoms with Gasteiger partial charge in [-0.2, -0.15) is 0 Å². The van der Waals surface area contributed by atoms with Crippen LogP contribution in [0.25, 0.3) is 0 Å². The number of carbonyl (C=O) groups is 1. The van der Waals surface area contributed by atoms with E-state index in [-0.39, 0.29) is 10.7 Å². The SMILES string of the molecule is O=C(O)c1ccc(Nc2ccc(Cl)c(F)c2)nn1. The minimum absolute atomic E-state index is 0.0212. The van der Waals surface area contributed by atoms with Gasteiger partial charge in [-0.25, -0.2) is 9.18 Å². The molecular formula is C11H7ClFN3O2. The molecule has 2 aromatic rings. The number of nitrogens with one attached hydrogen (secondary N) is 1. The van der Waals surface area contributed by atoms with E-state index in [0.29, 0.717) is 11.5 Å². The van der Waals surface area contributed by atoms with E-state index in [4.69, 9.17) is 16.7 Å². The second-order valence-corrected chi connectivity index (χ2v) is 3.77. The van der Waals surface area contributed by atoms with Crippen LogP contribution in [-0.4, -0.2) is 21.3 Å². The van der Waals surface area contributed by atoms with Gasteiger partial charge >= 0.3 is 5.97 Å². The highest BCUT2D eigenvalue weighted by Gasteiger charge is 2.06. The van der Waals surface area contributed by atoms with Gasteiger partial charge in [-0.05, 0) is 30.3 Å². The lowest BCUT2D eigenvalue weighted by Gasteiger charge is -2.05. The Labute approximate surface area is 106 Å². The maximum atomic E-state index is 13.2. The summed E-state index contributed by atoms with van der Waals surface area (Å²) in [5.41, 5.74) is 0.275. The van der Waals surface area contributed by atoms with Crippen molar-refractivity contribution in [3.05, 3.63) is 46.9 Å². The molecule has 1 heterocycles. The summed E-state index contributed by atoms with van der Waals surface area (Å²) >= 11 is 5.54. The van der Waals surface area contributed by atoms with E-state index in [1.807, 2.05) is 0 Å². The fourth-order valence-electron chi connectivity index (χ4n) is 1.23. The van der Waals surface area contributed by atoms with E-state index < -0.39 is 11.8 Å². The number of hydrogen-bond donors (Lipinski definition) is 2. The molecule has 0 bridgehead atoms. The van der Waals surface area contributed by atoms with Gasteiger partial charge in [-0.3, -0.25) is 0 Å². The third-order valence-electron chi connectivity index (χ3n) is 2.08. The van der Waals surface area contributed by atoms with Gasteiger partial charge in [-0.15, -0.1) is 10.2 Å². The lowest BCUT2D eigenvalue weighted by atomic mass is 10.3. The van der Waals surface area contributed by atoms with Gasteiger partial charge in [0.1, 0.15) is 5.82 Å². The number of halogens is 2. The second-order valence-electron chi connectivity index (χ2n) is 3.36. The first-order valence-electron chi connectivity index (χ1n) is 4.85. The predicted molar refractivity (Wildman–Crippen MR) is 63.7 cm³/mol. The van der Waals surface area contributed by atoms with Crippen molar-refractivity contribution in [2.24, 2.45) is 0 Å². The van der Waals surface area contributed by atoms with Crippen molar-refractivity contribution in [3.63, 3.8) is 0 Å². The minimum Gasteiger partial charge on any atom is -0.476 e. The van der Waals surface area contributed by atoms with E-state index in [1.54, 1.807) is 6.07 Å². The predicted octanol–water partition coefficient (Wildman–Crippen LogP) is 2.71. The highest BCUT2D eigenvalue weighted by atomic mass is 35.5. The lowest BCUT2D eigenvalue weighted by Crippen LogP contribution is -2.03. The van der Waals surface area contributed by atoms with E-state index in [2.05, 4.69) is 15.5 Å². The van der Waals surface area contributed by atoms with Crippen LogP contribution in [0.5, 0.6) is 0 Å². The largest absolute Gasteiger partial charge is 0.476 e. The number of aromatic nitrogens is 2. The first-order valence-corrected chi connectivity index (χ1v) is 5.23. The van der Waals surface area contributed by atoms with Crippen LogP contribution in [0.15, 0.2) is 30.3 Å². The molecule has 2 rings (SSSR count). The molecule has 0 amide bonds. The summed E-state index contributed by atoms with van der Waals surface area (Å²) in [6, 6.07) is 6.90. The Hall–Kier alpha value is -2.21. The Morgan fingerprint density at radius 1 is 1.28 bits per heavy atom. The minimum atomic E-state index is -1.16. The summed E-state index contributed by atoms with van der Waals surface area (Å²) in [4.78, 5) is 10.6. The van der Waals surface area contributed by atoms with E-state index in [1.165, 1.54) is 24.3 Å². The van der Waals surface area contributed by atoms with Gasteiger partial charge in [-0.1, -0.05) is 11.6 Å². The number of nitrogens with zero attached hydrogens (tertiary/aromatic N) is 2. The summed E-state index contributed by atoms with van der Waals surface area (Å²) in [6.07, 6.45) is 0. The van der Waals surface area contributed by atoms with Crippen molar-refractivity contribution in [1.82, 2.24) is 10.2 Å². The van der Waals surface area contributed by atoms with Gasteiger partial charge in [0.2, 0.25) is 0 Å². The third kappa shape index (κ3) is 2.72. The summed E-state index contributed by atoms with van der Waals surface area (Å²) in [5.74, 6) is -1.41. The van der Waals surface area contributed by atoms with Gasteiger partial charge in [0.25, 0.3) is 0 Å². The Kier molecular flexibility index (Phi) is 3.38. The fraction of sp³-hybridized carbons (Fsp3) is 0. The Morgan fingerprint density at radius 2 is 2.06 bits per heavy atom. The molecule has 18 heavy (non-hydrogen) atoms. The van der Waals surface area contributed by atoms with Crippen molar-refractivity contribution >= 4 is 29.1 Å². The van der Waals surface area contributed by atoms with Crippen molar-refractivity contribution in [2.45, 2.75) is 0 Å². The molecule has 0 saturated carbocycles. The number of anilines is 2. The number of rotatable bonds is 3. The second kappa shape index (κ2) is 4.97. The highest BCUT2D eigenvalue weighted by molar-refractivity contribution is 6.30. The molecule has 0 saturated heterocycles. The molecule has 2 N–H and O–H groups in total. The Morgan fingerprint density at radius 3 is 2.61 bits per heavy atom. The first-order chi connectivity index (χ1) is 8.56. The normalized spacial score (nSPS) is 10.1. The molecular weight excluding hydrogens is 261 g/mol. The van der Waals surface area contributed by atoms with E-state index in [9.17, 15) is 9.18 Å². The lowest BCUT2D eigenvalue weighted by molar-refractivity contribution is 0.0689. The number of benzene rings is 1. The average molecular weight is 268 g/mol. The van der Waals surface area contributed by atoms with Crippen LogP contribution in [0.3, 0.4) is 0 Å². The quantitative estimate of drug-likeness (QED) is 0.894. The number of carboxylic acid groups (broad SMARTS) is 1. The molecule has 1 aromatic carbocycles. The molecule has 0 spiro atoms. The zero-order valence-corrected chi connectivity index (χ0v) is 9.65. The highest BCUT2D eigenvalue weighted by Crippen LogP contribution is 2.20. The molecule has 0 aliphatic heterocycles. The van der Waals surface area contributed by atoms with Crippen molar-refractivity contribution < 1.29 is 14.3 Å². The first kappa shape index (κ1) is 12.3. The van der Waals surface area contributed by atoms with Crippen molar-refractivity contribution in [1.29, 1.82) is 0 Å². The summed E-state index contributed by atoms with van der Waals surface area (Å²) in [5, 5.41) is 18.6. The standard InChI is InChI=1S/C11H7ClFN3O2/c12-7-2-1-6(5-8(7)13)14-10-4-3-9(11(17)18)15-16-10/h1-5H,(H,14,16)(H,17,18). The van der Waals surface area contributed by atoms with Crippen LogP contribution in [0.2, 0.25) is 5.02 Å². The van der Waals surface area contributed by atoms with Gasteiger partial charge in [0, 0.05) is 5.69 Å². The van der Waals surface area contributed by atoms with Gasteiger partial charge in [0.05, 0.1) is 5.02 Å². The van der Waals surface area contributed by atoms with Crippen LogP contribution in [0.4, 0.5) is 15.9 Å². The summed E-state index contributed by atoms with van der Waals surface area (Å²) < 4.78 is 13.2. The van der Waals surface area contributed by atoms with E-state index >= 15 is 0 Å². The topological polar surface area (TPSA) is 75.1 Å². The van der Waals surface area contributed by atoms with Crippen LogP contribution < -0.4 is 5.32 Å². The molecule has 1 aromatic heterocycles. The van der Waals surface area contributed by atoms with Crippen LogP contribution in [0, 0.1) is 5.82 Å². The summed E-state index contributed by atoms with van der Waals surface area (Å²) in [7, 11) is 0. The van der Waals surface area contributed by atoms with Crippen LogP contribution in [-0.2, 0) is 0 Å². The molecule has 0 aliphatic carbocycles. The molecule has 5 nitrogen and oxygen atoms in total. The zero-order chi connectivity index (χ0) is 13.1. The Balaban J connectivity index is 2.18. The molecule has 0 unspecified atom stereocenters. The Bertz CT molecular complexity index is 589.